The molecule has 0 spiro atoms. The summed E-state index contributed by atoms with van der Waals surface area (Å²) in [4.78, 5) is 12.0. The number of amides is 1. The Morgan fingerprint density at radius 2 is 1.95 bits per heavy atom. The third kappa shape index (κ3) is 3.07. The summed E-state index contributed by atoms with van der Waals surface area (Å²) in [6, 6.07) is 2.01. The van der Waals surface area contributed by atoms with Gasteiger partial charge in [-0.1, -0.05) is 13.8 Å². The van der Waals surface area contributed by atoms with Crippen LogP contribution >= 0.6 is 0 Å². The number of benzene rings is 1. The summed E-state index contributed by atoms with van der Waals surface area (Å²) in [5.41, 5.74) is 1.65. The lowest BCUT2D eigenvalue weighted by atomic mass is 9.92. The number of nitrogens with one attached hydrogen (secondary N) is 2. The zero-order chi connectivity index (χ0) is 14.9. The van der Waals surface area contributed by atoms with E-state index in [1.807, 2.05) is 5.43 Å². The molecule has 1 unspecified atom stereocenters. The number of nitrogens with two attached hydrogens (primary N) is 1. The van der Waals surface area contributed by atoms with Crippen LogP contribution in [0, 0.1) is 17.0 Å². The van der Waals surface area contributed by atoms with Gasteiger partial charge in [-0.15, -0.1) is 0 Å². The van der Waals surface area contributed by atoms with E-state index >= 15 is 0 Å². The van der Waals surface area contributed by atoms with E-state index < -0.39 is 23.2 Å². The molecule has 1 aliphatic rings. The fraction of sp³-hybridized carbons (Fsp3) is 0.500. The Labute approximate surface area is 116 Å². The van der Waals surface area contributed by atoms with Gasteiger partial charge in [0.15, 0.2) is 11.6 Å². The molecule has 0 aliphatic heterocycles. The monoisotopic (exact) mass is 283 g/mol. The molecule has 20 heavy (non-hydrogen) atoms. The molecule has 1 atom stereocenters. The topological polar surface area (TPSA) is 67.2 Å². The zero-order valence-corrected chi connectivity index (χ0v) is 11.6. The van der Waals surface area contributed by atoms with Gasteiger partial charge in [-0.05, 0) is 36.8 Å². The maximum Gasteiger partial charge on any atom is 0.251 e. The highest BCUT2D eigenvalue weighted by molar-refractivity contribution is 5.94. The van der Waals surface area contributed by atoms with Crippen LogP contribution in [-0.2, 0) is 0 Å². The van der Waals surface area contributed by atoms with Gasteiger partial charge in [0.2, 0.25) is 0 Å². The van der Waals surface area contributed by atoms with Gasteiger partial charge in [0.25, 0.3) is 5.91 Å². The summed E-state index contributed by atoms with van der Waals surface area (Å²) in [5, 5.41) is 2.82. The van der Waals surface area contributed by atoms with E-state index in [1.54, 1.807) is 0 Å². The molecular weight excluding hydrogens is 264 g/mol. The predicted octanol–water partition coefficient (Wildman–Crippen LogP) is 2.56. The number of carbonyl (C=O) groups is 1. The van der Waals surface area contributed by atoms with Gasteiger partial charge in [0, 0.05) is 11.6 Å². The third-order valence-corrected chi connectivity index (χ3v) is 3.75. The lowest BCUT2D eigenvalue weighted by Crippen LogP contribution is -2.33. The minimum absolute atomic E-state index is 0.0382. The molecule has 0 radical (unpaired) electrons. The molecule has 4 N–H and O–H groups in total. The molecule has 1 saturated carbocycles. The first kappa shape index (κ1) is 14.7. The normalized spacial score (nSPS) is 20.8. The smallest absolute Gasteiger partial charge is 0.251 e. The standard InChI is InChI=1S/C14H19F2N3O/c1-14(2)4-3-9(7-14)18-13(20)8-5-10(15)12(19-17)11(16)6-8/h5-6,9,19H,3-4,7,17H2,1-2H3,(H,18,20). The van der Waals surface area contributed by atoms with Crippen LogP contribution in [-0.4, -0.2) is 11.9 Å². The van der Waals surface area contributed by atoms with Crippen molar-refractivity contribution in [3.8, 4) is 0 Å². The fourth-order valence-corrected chi connectivity index (χ4v) is 2.67. The minimum Gasteiger partial charge on any atom is -0.349 e. The Morgan fingerprint density at radius 1 is 1.35 bits per heavy atom. The summed E-state index contributed by atoms with van der Waals surface area (Å²) in [6.45, 7) is 4.28. The van der Waals surface area contributed by atoms with Crippen molar-refractivity contribution in [3.05, 3.63) is 29.3 Å². The summed E-state index contributed by atoms with van der Waals surface area (Å²) in [6.07, 6.45) is 2.77. The minimum atomic E-state index is -0.885. The lowest BCUT2D eigenvalue weighted by molar-refractivity contribution is 0.0935. The van der Waals surface area contributed by atoms with E-state index in [0.29, 0.717) is 0 Å². The summed E-state index contributed by atoms with van der Waals surface area (Å²) in [5.74, 6) is 2.78. The van der Waals surface area contributed by atoms with E-state index in [9.17, 15) is 13.6 Å². The predicted molar refractivity (Wildman–Crippen MR) is 73.1 cm³/mol. The van der Waals surface area contributed by atoms with Gasteiger partial charge >= 0.3 is 0 Å². The van der Waals surface area contributed by atoms with Crippen molar-refractivity contribution in [2.24, 2.45) is 11.3 Å². The van der Waals surface area contributed by atoms with Crippen LogP contribution in [0.2, 0.25) is 0 Å². The van der Waals surface area contributed by atoms with Crippen LogP contribution in [0.5, 0.6) is 0 Å². The molecule has 0 saturated heterocycles. The molecule has 0 aromatic heterocycles. The van der Waals surface area contributed by atoms with Crippen molar-refractivity contribution in [2.75, 3.05) is 5.43 Å². The molecule has 1 aromatic carbocycles. The summed E-state index contributed by atoms with van der Waals surface area (Å²) < 4.78 is 27.1. The van der Waals surface area contributed by atoms with Crippen molar-refractivity contribution in [2.45, 2.75) is 39.2 Å². The van der Waals surface area contributed by atoms with Gasteiger partial charge in [0.05, 0.1) is 0 Å². The number of carbonyl (C=O) groups excluding carboxylic acids is 1. The second kappa shape index (κ2) is 5.36. The van der Waals surface area contributed by atoms with Crippen LogP contribution in [0.3, 0.4) is 0 Å². The number of anilines is 1. The van der Waals surface area contributed by atoms with E-state index in [0.717, 1.165) is 31.4 Å². The average Bonchev–Trinajstić information content (AvgIpc) is 2.68. The first-order valence-electron chi connectivity index (χ1n) is 6.59. The maximum atomic E-state index is 13.5. The molecule has 0 heterocycles. The average molecular weight is 283 g/mol. The van der Waals surface area contributed by atoms with Crippen LogP contribution < -0.4 is 16.6 Å². The van der Waals surface area contributed by atoms with Crippen LogP contribution in [0.4, 0.5) is 14.5 Å². The number of rotatable bonds is 3. The molecule has 4 nitrogen and oxygen atoms in total. The van der Waals surface area contributed by atoms with Gasteiger partial charge in [-0.25, -0.2) is 8.78 Å². The highest BCUT2D eigenvalue weighted by atomic mass is 19.1. The Balaban J connectivity index is 2.10. The molecule has 0 bridgehead atoms. The van der Waals surface area contributed by atoms with Gasteiger partial charge < -0.3 is 10.7 Å². The Hall–Kier alpha value is -1.69. The van der Waals surface area contributed by atoms with Gasteiger partial charge in [-0.3, -0.25) is 10.6 Å². The molecule has 110 valence electrons. The van der Waals surface area contributed by atoms with E-state index in [2.05, 4.69) is 19.2 Å². The highest BCUT2D eigenvalue weighted by Crippen LogP contribution is 2.37. The molecule has 2 rings (SSSR count). The molecular formula is C14H19F2N3O. The van der Waals surface area contributed by atoms with Crippen LogP contribution in [0.15, 0.2) is 12.1 Å². The number of hydrazine groups is 1. The quantitative estimate of drug-likeness (QED) is 0.590. The SMILES string of the molecule is CC1(C)CCC(NC(=O)c2cc(F)c(NN)c(F)c2)C1. The Kier molecular flexibility index (Phi) is 3.94. The highest BCUT2D eigenvalue weighted by Gasteiger charge is 2.32. The number of halogens is 2. The van der Waals surface area contributed by atoms with E-state index in [-0.39, 0.29) is 17.0 Å². The van der Waals surface area contributed by atoms with Crippen LogP contribution in [0.25, 0.3) is 0 Å². The summed E-state index contributed by atoms with van der Waals surface area (Å²) >= 11 is 0. The number of hydrogen-bond acceptors (Lipinski definition) is 3. The summed E-state index contributed by atoms with van der Waals surface area (Å²) in [7, 11) is 0. The van der Waals surface area contributed by atoms with E-state index in [1.165, 1.54) is 0 Å². The third-order valence-electron chi connectivity index (χ3n) is 3.75. The van der Waals surface area contributed by atoms with Gasteiger partial charge in [0.1, 0.15) is 5.69 Å². The molecule has 1 fully saturated rings. The van der Waals surface area contributed by atoms with Crippen molar-refractivity contribution in [1.82, 2.24) is 5.32 Å². The number of nitrogen functional groups attached to an aromatic ring is 1. The van der Waals surface area contributed by atoms with Crippen LogP contribution in [0.1, 0.15) is 43.5 Å². The second-order valence-electron chi connectivity index (χ2n) is 6.04. The first-order chi connectivity index (χ1) is 9.32. The molecule has 1 amide bonds. The van der Waals surface area contributed by atoms with Crippen molar-refractivity contribution < 1.29 is 13.6 Å². The Morgan fingerprint density at radius 3 is 2.40 bits per heavy atom. The molecule has 1 aromatic rings. The zero-order valence-electron chi connectivity index (χ0n) is 11.6. The van der Waals surface area contributed by atoms with Crippen molar-refractivity contribution in [3.63, 3.8) is 0 Å². The molecule has 1 aliphatic carbocycles. The fourth-order valence-electron chi connectivity index (χ4n) is 2.67. The lowest BCUT2D eigenvalue weighted by Gasteiger charge is -2.18. The molecule has 6 heteroatoms. The maximum absolute atomic E-state index is 13.5. The Bertz CT molecular complexity index is 508. The first-order valence-corrected chi connectivity index (χ1v) is 6.59. The van der Waals surface area contributed by atoms with Crippen molar-refractivity contribution in [1.29, 1.82) is 0 Å². The van der Waals surface area contributed by atoms with E-state index in [4.69, 9.17) is 5.84 Å². The van der Waals surface area contributed by atoms with Crippen molar-refractivity contribution >= 4 is 11.6 Å². The largest absolute Gasteiger partial charge is 0.349 e. The van der Waals surface area contributed by atoms with Gasteiger partial charge in [-0.2, -0.15) is 0 Å². The second-order valence-corrected chi connectivity index (χ2v) is 6.04. The number of hydrogen-bond donors (Lipinski definition) is 3.